The zero-order chi connectivity index (χ0) is 22.4. The number of hydrogen-bond acceptors (Lipinski definition) is 5. The van der Waals surface area contributed by atoms with Gasteiger partial charge in [-0.05, 0) is 61.0 Å². The van der Waals surface area contributed by atoms with Crippen molar-refractivity contribution in [3.05, 3.63) is 72.3 Å². The van der Waals surface area contributed by atoms with Crippen LogP contribution in [0.2, 0.25) is 0 Å². The van der Waals surface area contributed by atoms with Gasteiger partial charge in [0, 0.05) is 12.1 Å². The number of amides is 1. The number of carbonyl (C=O) groups excluding carboxylic acids is 2. The van der Waals surface area contributed by atoms with Gasteiger partial charge >= 0.3 is 5.97 Å². The monoisotopic (exact) mass is 440 g/mol. The lowest BCUT2D eigenvalue weighted by molar-refractivity contribution is -0.153. The molecule has 0 bridgehead atoms. The van der Waals surface area contributed by atoms with E-state index < -0.39 is 28.0 Å². The van der Waals surface area contributed by atoms with Crippen LogP contribution < -0.4 is 10.0 Å². The van der Waals surface area contributed by atoms with E-state index in [0.717, 1.165) is 16.3 Å². The first-order chi connectivity index (χ1) is 14.8. The maximum absolute atomic E-state index is 12.4. The molecule has 1 amide bonds. The second-order valence-electron chi connectivity index (χ2n) is 7.03. The Labute approximate surface area is 181 Å². The van der Waals surface area contributed by atoms with E-state index in [1.54, 1.807) is 18.2 Å². The van der Waals surface area contributed by atoms with Crippen molar-refractivity contribution in [2.45, 2.75) is 30.8 Å². The fraction of sp³-hybridized carbons (Fsp3) is 0.217. The number of sulfonamides is 1. The molecule has 0 aliphatic heterocycles. The van der Waals surface area contributed by atoms with Gasteiger partial charge in [0.05, 0.1) is 4.90 Å². The largest absolute Gasteiger partial charge is 0.453 e. The minimum absolute atomic E-state index is 0.0751. The Kier molecular flexibility index (Phi) is 7.04. The van der Waals surface area contributed by atoms with E-state index in [4.69, 9.17) is 4.74 Å². The molecule has 8 heteroatoms. The van der Waals surface area contributed by atoms with Crippen LogP contribution in [0, 0.1) is 0 Å². The lowest BCUT2D eigenvalue weighted by Crippen LogP contribution is -2.30. The molecule has 31 heavy (non-hydrogen) atoms. The van der Waals surface area contributed by atoms with Gasteiger partial charge in [0.1, 0.15) is 0 Å². The molecule has 3 aromatic carbocycles. The molecular formula is C23H24N2O5S. The summed E-state index contributed by atoms with van der Waals surface area (Å²) in [6.45, 7) is 1.52. The molecule has 0 aromatic heterocycles. The minimum atomic E-state index is -3.50. The fourth-order valence-electron chi connectivity index (χ4n) is 3.02. The van der Waals surface area contributed by atoms with E-state index in [9.17, 15) is 18.0 Å². The second kappa shape index (κ2) is 9.72. The van der Waals surface area contributed by atoms with Crippen LogP contribution in [0.15, 0.2) is 71.6 Å². The van der Waals surface area contributed by atoms with E-state index in [0.29, 0.717) is 12.1 Å². The summed E-state index contributed by atoms with van der Waals surface area (Å²) in [7, 11) is -2.15. The number of ether oxygens (including phenoxy) is 1. The maximum Gasteiger partial charge on any atom is 0.306 e. The molecule has 3 aromatic rings. The van der Waals surface area contributed by atoms with E-state index >= 15 is 0 Å². The summed E-state index contributed by atoms with van der Waals surface area (Å²) in [5, 5.41) is 4.82. The van der Waals surface area contributed by atoms with Crippen molar-refractivity contribution in [1.82, 2.24) is 4.72 Å². The van der Waals surface area contributed by atoms with Crippen LogP contribution in [0.1, 0.15) is 18.9 Å². The first-order valence-corrected chi connectivity index (χ1v) is 11.3. The van der Waals surface area contributed by atoms with Gasteiger partial charge < -0.3 is 10.1 Å². The number of fused-ring (bicyclic) bond motifs is 1. The fourth-order valence-corrected chi connectivity index (χ4v) is 3.75. The highest BCUT2D eigenvalue weighted by molar-refractivity contribution is 7.89. The van der Waals surface area contributed by atoms with Gasteiger partial charge in [-0.3, -0.25) is 9.59 Å². The molecule has 0 fully saturated rings. The molecule has 0 aliphatic rings. The summed E-state index contributed by atoms with van der Waals surface area (Å²) >= 11 is 0. The van der Waals surface area contributed by atoms with Crippen molar-refractivity contribution in [1.29, 1.82) is 0 Å². The van der Waals surface area contributed by atoms with Gasteiger partial charge in [0.25, 0.3) is 5.91 Å². The van der Waals surface area contributed by atoms with Crippen LogP contribution in [-0.4, -0.2) is 33.4 Å². The van der Waals surface area contributed by atoms with Gasteiger partial charge in [0.2, 0.25) is 10.0 Å². The molecule has 0 radical (unpaired) electrons. The van der Waals surface area contributed by atoms with Crippen molar-refractivity contribution >= 4 is 38.4 Å². The molecule has 1 atom stereocenters. The molecule has 3 rings (SSSR count). The number of esters is 1. The summed E-state index contributed by atoms with van der Waals surface area (Å²) in [6, 6.07) is 19.6. The molecule has 0 heterocycles. The minimum Gasteiger partial charge on any atom is -0.453 e. The highest BCUT2D eigenvalue weighted by atomic mass is 32.2. The molecule has 0 saturated heterocycles. The highest BCUT2D eigenvalue weighted by Gasteiger charge is 2.18. The molecular weight excluding hydrogens is 416 g/mol. The summed E-state index contributed by atoms with van der Waals surface area (Å²) < 4.78 is 30.9. The van der Waals surface area contributed by atoms with Gasteiger partial charge in [-0.1, -0.05) is 42.5 Å². The first kappa shape index (κ1) is 22.5. The predicted octanol–water partition coefficient (Wildman–Crippen LogP) is 3.25. The van der Waals surface area contributed by atoms with Crippen molar-refractivity contribution in [3.8, 4) is 0 Å². The van der Waals surface area contributed by atoms with Crippen LogP contribution in [0.5, 0.6) is 0 Å². The lowest BCUT2D eigenvalue weighted by Gasteiger charge is -2.14. The van der Waals surface area contributed by atoms with Crippen LogP contribution in [0.25, 0.3) is 10.8 Å². The van der Waals surface area contributed by atoms with Crippen LogP contribution in [0.4, 0.5) is 5.69 Å². The number of hydrogen-bond donors (Lipinski definition) is 2. The average Bonchev–Trinajstić information content (AvgIpc) is 2.77. The molecule has 7 nitrogen and oxygen atoms in total. The standard InChI is InChI=1S/C23H24N2O5S/c1-16(23(27)25-20-11-10-18-5-3-4-6-19(18)15-20)30-22(26)14-9-17-7-12-21(13-8-17)31(28,29)24-2/h3-8,10-13,15-16,24H,9,14H2,1-2H3,(H,25,27). The first-order valence-electron chi connectivity index (χ1n) is 9.80. The normalized spacial score (nSPS) is 12.3. The number of carbonyl (C=O) groups is 2. The van der Waals surface area contributed by atoms with E-state index in [1.807, 2.05) is 36.4 Å². The molecule has 162 valence electrons. The predicted molar refractivity (Wildman–Crippen MR) is 119 cm³/mol. The van der Waals surface area contributed by atoms with Crippen LogP contribution >= 0.6 is 0 Å². The zero-order valence-corrected chi connectivity index (χ0v) is 18.1. The average molecular weight is 441 g/mol. The van der Waals surface area contributed by atoms with Gasteiger partial charge in [-0.2, -0.15) is 0 Å². The number of aryl methyl sites for hydroxylation is 1. The van der Waals surface area contributed by atoms with E-state index in [-0.39, 0.29) is 11.3 Å². The van der Waals surface area contributed by atoms with E-state index in [2.05, 4.69) is 10.0 Å². The number of benzene rings is 3. The third-order valence-corrected chi connectivity index (χ3v) is 6.24. The van der Waals surface area contributed by atoms with Crippen molar-refractivity contribution < 1.29 is 22.7 Å². The summed E-state index contributed by atoms with van der Waals surface area (Å²) in [5.74, 6) is -0.918. The summed E-state index contributed by atoms with van der Waals surface area (Å²) in [6.07, 6.45) is -0.495. The molecule has 0 spiro atoms. The van der Waals surface area contributed by atoms with Crippen molar-refractivity contribution in [2.75, 3.05) is 12.4 Å². The quantitative estimate of drug-likeness (QED) is 0.524. The van der Waals surface area contributed by atoms with Crippen LogP contribution in [0.3, 0.4) is 0 Å². The zero-order valence-electron chi connectivity index (χ0n) is 17.3. The van der Waals surface area contributed by atoms with Crippen LogP contribution in [-0.2, 0) is 30.8 Å². The third kappa shape index (κ3) is 5.90. The second-order valence-corrected chi connectivity index (χ2v) is 8.92. The van der Waals surface area contributed by atoms with Gasteiger partial charge in [-0.15, -0.1) is 0 Å². The van der Waals surface area contributed by atoms with Gasteiger partial charge in [-0.25, -0.2) is 13.1 Å². The summed E-state index contributed by atoms with van der Waals surface area (Å²) in [5.41, 5.74) is 1.42. The molecule has 0 saturated carbocycles. The van der Waals surface area contributed by atoms with Gasteiger partial charge in [0.15, 0.2) is 6.10 Å². The topological polar surface area (TPSA) is 102 Å². The van der Waals surface area contributed by atoms with Crippen molar-refractivity contribution in [2.24, 2.45) is 0 Å². The highest BCUT2D eigenvalue weighted by Crippen LogP contribution is 2.19. The Hall–Kier alpha value is -3.23. The molecule has 2 N–H and O–H groups in total. The lowest BCUT2D eigenvalue weighted by atomic mass is 10.1. The molecule has 0 aliphatic carbocycles. The molecule has 1 unspecified atom stereocenters. The third-order valence-electron chi connectivity index (χ3n) is 4.81. The Morgan fingerprint density at radius 3 is 2.32 bits per heavy atom. The SMILES string of the molecule is CNS(=O)(=O)c1ccc(CCC(=O)OC(C)C(=O)Nc2ccc3ccccc3c2)cc1. The van der Waals surface area contributed by atoms with Crippen molar-refractivity contribution in [3.63, 3.8) is 0 Å². The summed E-state index contributed by atoms with van der Waals surface area (Å²) in [4.78, 5) is 24.6. The number of anilines is 1. The Bertz CT molecular complexity index is 1190. The Morgan fingerprint density at radius 1 is 0.968 bits per heavy atom. The maximum atomic E-state index is 12.4. The Morgan fingerprint density at radius 2 is 1.65 bits per heavy atom. The number of rotatable bonds is 8. The smallest absolute Gasteiger partial charge is 0.306 e. The Balaban J connectivity index is 1.50. The number of nitrogens with one attached hydrogen (secondary N) is 2. The van der Waals surface area contributed by atoms with E-state index in [1.165, 1.54) is 26.1 Å².